The van der Waals surface area contributed by atoms with Gasteiger partial charge >= 0.3 is 0 Å². The minimum Gasteiger partial charge on any atom is -0.497 e. The van der Waals surface area contributed by atoms with Crippen LogP contribution in [0.15, 0.2) is 119 Å². The molecule has 8 nitrogen and oxygen atoms in total. The molecule has 0 aliphatic heterocycles. The third kappa shape index (κ3) is 9.18. The Balaban J connectivity index is 1.82. The highest BCUT2D eigenvalue weighted by Gasteiger charge is 2.35. The molecule has 0 heterocycles. The first-order valence-corrected chi connectivity index (χ1v) is 16.7. The Hall–Kier alpha value is -4.15. The van der Waals surface area contributed by atoms with Crippen molar-refractivity contribution in [2.24, 2.45) is 0 Å². The normalized spacial score (nSPS) is 12.2. The number of sulfonamides is 1. The fraction of sp³-hybridized carbons (Fsp3) is 0.257. The minimum atomic E-state index is -4.20. The van der Waals surface area contributed by atoms with E-state index in [9.17, 15) is 18.0 Å². The van der Waals surface area contributed by atoms with E-state index in [1.807, 2.05) is 75.4 Å². The Morgan fingerprint density at radius 3 is 2.07 bits per heavy atom. The number of rotatable bonds is 12. The summed E-state index contributed by atoms with van der Waals surface area (Å²) in [5.41, 5.74) is 1.34. The molecule has 10 heteroatoms. The maximum absolute atomic E-state index is 14.5. The summed E-state index contributed by atoms with van der Waals surface area (Å²) in [7, 11) is -2.71. The van der Waals surface area contributed by atoms with Crippen LogP contribution in [0, 0.1) is 0 Å². The van der Waals surface area contributed by atoms with Crippen molar-refractivity contribution in [1.29, 1.82) is 0 Å². The van der Waals surface area contributed by atoms with Crippen molar-refractivity contribution in [2.75, 3.05) is 18.0 Å². The van der Waals surface area contributed by atoms with Crippen LogP contribution >= 0.6 is 15.9 Å². The molecule has 1 unspecified atom stereocenters. The Morgan fingerprint density at radius 1 is 0.844 bits per heavy atom. The highest BCUT2D eigenvalue weighted by atomic mass is 79.9. The van der Waals surface area contributed by atoms with Gasteiger partial charge in [0, 0.05) is 29.0 Å². The predicted molar refractivity (Wildman–Crippen MR) is 180 cm³/mol. The van der Waals surface area contributed by atoms with Crippen LogP contribution in [0.3, 0.4) is 0 Å². The van der Waals surface area contributed by atoms with Gasteiger partial charge in [-0.05, 0) is 68.3 Å². The highest BCUT2D eigenvalue weighted by molar-refractivity contribution is 9.10. The maximum Gasteiger partial charge on any atom is 0.264 e. The lowest BCUT2D eigenvalue weighted by Gasteiger charge is -2.35. The smallest absolute Gasteiger partial charge is 0.264 e. The van der Waals surface area contributed by atoms with Crippen LogP contribution in [0.4, 0.5) is 5.69 Å². The number of carbonyl (C=O) groups excluding carboxylic acids is 2. The lowest BCUT2D eigenvalue weighted by Crippen LogP contribution is -2.56. The second-order valence-electron chi connectivity index (χ2n) is 11.6. The molecule has 1 N–H and O–H groups in total. The topological polar surface area (TPSA) is 96.0 Å². The first kappa shape index (κ1) is 33.7. The van der Waals surface area contributed by atoms with Crippen molar-refractivity contribution in [3.05, 3.63) is 125 Å². The van der Waals surface area contributed by atoms with Gasteiger partial charge in [-0.3, -0.25) is 13.9 Å². The van der Waals surface area contributed by atoms with E-state index in [1.165, 1.54) is 24.1 Å². The van der Waals surface area contributed by atoms with Gasteiger partial charge in [-0.2, -0.15) is 0 Å². The molecular formula is C35H38BrN3O5S. The zero-order chi connectivity index (χ0) is 32.6. The Bertz CT molecular complexity index is 1690. The highest BCUT2D eigenvalue weighted by Crippen LogP contribution is 2.28. The Labute approximate surface area is 274 Å². The van der Waals surface area contributed by atoms with Crippen LogP contribution < -0.4 is 14.4 Å². The summed E-state index contributed by atoms with van der Waals surface area (Å²) in [6.07, 6.45) is 0.232. The van der Waals surface area contributed by atoms with Gasteiger partial charge in [-0.25, -0.2) is 8.42 Å². The fourth-order valence-electron chi connectivity index (χ4n) is 4.81. The Kier molecular flexibility index (Phi) is 11.1. The third-order valence-corrected chi connectivity index (χ3v) is 9.30. The molecule has 0 saturated carbocycles. The average Bonchev–Trinajstić information content (AvgIpc) is 3.02. The first-order valence-electron chi connectivity index (χ1n) is 14.5. The fourth-order valence-corrected chi connectivity index (χ4v) is 6.50. The molecule has 45 heavy (non-hydrogen) atoms. The molecule has 0 bridgehead atoms. The number of methoxy groups -OCH3 is 1. The van der Waals surface area contributed by atoms with Crippen LogP contribution in [-0.2, 0) is 32.6 Å². The Morgan fingerprint density at radius 2 is 1.47 bits per heavy atom. The van der Waals surface area contributed by atoms with E-state index >= 15 is 0 Å². The average molecular weight is 693 g/mol. The van der Waals surface area contributed by atoms with Crippen molar-refractivity contribution >= 4 is 43.5 Å². The van der Waals surface area contributed by atoms with E-state index < -0.39 is 34.1 Å². The molecule has 2 amide bonds. The maximum atomic E-state index is 14.5. The molecule has 236 valence electrons. The molecule has 0 saturated heterocycles. The molecule has 4 aromatic carbocycles. The summed E-state index contributed by atoms with van der Waals surface area (Å²) in [6.45, 7) is 5.17. The number of anilines is 1. The van der Waals surface area contributed by atoms with E-state index in [4.69, 9.17) is 4.74 Å². The SMILES string of the molecule is COc1cccc(N(CC(=O)N(Cc2ccc(Br)cc2)C(Cc2ccccc2)C(=O)NC(C)(C)C)S(=O)(=O)c2ccccc2)c1. The molecule has 4 aromatic rings. The van der Waals surface area contributed by atoms with E-state index in [2.05, 4.69) is 21.2 Å². The van der Waals surface area contributed by atoms with Crippen LogP contribution in [0.5, 0.6) is 5.75 Å². The number of carbonyl (C=O) groups is 2. The van der Waals surface area contributed by atoms with Gasteiger partial charge in [0.1, 0.15) is 18.3 Å². The van der Waals surface area contributed by atoms with Gasteiger partial charge in [0.25, 0.3) is 10.0 Å². The molecule has 0 spiro atoms. The van der Waals surface area contributed by atoms with Crippen LogP contribution in [0.1, 0.15) is 31.9 Å². The van der Waals surface area contributed by atoms with Gasteiger partial charge < -0.3 is 15.0 Å². The molecule has 0 aliphatic rings. The number of halogens is 1. The van der Waals surface area contributed by atoms with Crippen molar-refractivity contribution in [3.63, 3.8) is 0 Å². The number of amides is 2. The molecule has 1 atom stereocenters. The second kappa shape index (κ2) is 14.8. The number of nitrogens with zero attached hydrogens (tertiary/aromatic N) is 2. The van der Waals surface area contributed by atoms with Gasteiger partial charge in [-0.15, -0.1) is 0 Å². The lowest BCUT2D eigenvalue weighted by atomic mass is 10.0. The van der Waals surface area contributed by atoms with Crippen LogP contribution in [0.2, 0.25) is 0 Å². The number of ether oxygens (including phenoxy) is 1. The van der Waals surface area contributed by atoms with Crippen LogP contribution in [-0.4, -0.2) is 50.4 Å². The minimum absolute atomic E-state index is 0.0337. The number of nitrogens with one attached hydrogen (secondary N) is 1. The third-order valence-electron chi connectivity index (χ3n) is 6.99. The molecule has 4 rings (SSSR count). The summed E-state index contributed by atoms with van der Waals surface area (Å²) < 4.78 is 35.5. The lowest BCUT2D eigenvalue weighted by molar-refractivity contribution is -0.140. The van der Waals surface area contributed by atoms with Crippen molar-refractivity contribution in [1.82, 2.24) is 10.2 Å². The monoisotopic (exact) mass is 691 g/mol. The van der Waals surface area contributed by atoms with E-state index in [0.29, 0.717) is 5.75 Å². The largest absolute Gasteiger partial charge is 0.497 e. The quantitative estimate of drug-likeness (QED) is 0.191. The standard InChI is InChI=1S/C35H38BrN3O5S/c1-35(2,3)37-34(41)32(22-26-12-7-5-8-13-26)38(24-27-18-20-28(36)21-19-27)33(40)25-39(29-14-11-15-30(23-29)44-4)45(42,43)31-16-9-6-10-17-31/h5-21,23,32H,22,24-25H2,1-4H3,(H,37,41). The van der Waals surface area contributed by atoms with E-state index in [-0.39, 0.29) is 29.5 Å². The molecule has 0 radical (unpaired) electrons. The molecular weight excluding hydrogens is 654 g/mol. The second-order valence-corrected chi connectivity index (χ2v) is 14.4. The summed E-state index contributed by atoms with van der Waals surface area (Å²) >= 11 is 3.46. The summed E-state index contributed by atoms with van der Waals surface area (Å²) in [5, 5.41) is 3.04. The number of hydrogen-bond acceptors (Lipinski definition) is 5. The molecule has 0 aliphatic carbocycles. The molecule has 0 aromatic heterocycles. The van der Waals surface area contributed by atoms with Gasteiger partial charge in [0.2, 0.25) is 11.8 Å². The molecule has 0 fully saturated rings. The van der Waals surface area contributed by atoms with Gasteiger partial charge in [0.15, 0.2) is 0 Å². The van der Waals surface area contributed by atoms with Crippen molar-refractivity contribution in [2.45, 2.75) is 50.2 Å². The first-order chi connectivity index (χ1) is 21.4. The van der Waals surface area contributed by atoms with E-state index in [1.54, 1.807) is 42.5 Å². The summed E-state index contributed by atoms with van der Waals surface area (Å²) in [6, 6.07) is 30.5. The van der Waals surface area contributed by atoms with Gasteiger partial charge in [0.05, 0.1) is 17.7 Å². The van der Waals surface area contributed by atoms with E-state index in [0.717, 1.165) is 19.9 Å². The zero-order valence-electron chi connectivity index (χ0n) is 25.8. The predicted octanol–water partition coefficient (Wildman–Crippen LogP) is 6.21. The van der Waals surface area contributed by atoms with Crippen molar-refractivity contribution in [3.8, 4) is 5.75 Å². The number of benzene rings is 4. The van der Waals surface area contributed by atoms with Crippen molar-refractivity contribution < 1.29 is 22.7 Å². The summed E-state index contributed by atoms with van der Waals surface area (Å²) in [5.74, 6) is -0.438. The van der Waals surface area contributed by atoms with Crippen LogP contribution in [0.25, 0.3) is 0 Å². The number of hydrogen-bond donors (Lipinski definition) is 1. The van der Waals surface area contributed by atoms with Gasteiger partial charge in [-0.1, -0.05) is 82.7 Å². The zero-order valence-corrected chi connectivity index (χ0v) is 28.2. The summed E-state index contributed by atoms with van der Waals surface area (Å²) in [4.78, 5) is 30.0.